The van der Waals surface area contributed by atoms with Crippen molar-refractivity contribution in [2.24, 2.45) is 5.73 Å². The van der Waals surface area contributed by atoms with Crippen molar-refractivity contribution in [2.45, 2.75) is 25.7 Å². The zero-order valence-electron chi connectivity index (χ0n) is 14.3. The number of carbonyl (C=O) groups excluding carboxylic acids is 1. The van der Waals surface area contributed by atoms with Gasteiger partial charge < -0.3 is 31.3 Å². The molecule has 1 unspecified atom stereocenters. The second-order valence-electron chi connectivity index (χ2n) is 5.31. The summed E-state index contributed by atoms with van der Waals surface area (Å²) in [5, 5.41) is 23.1. The predicted molar refractivity (Wildman–Crippen MR) is 93.0 cm³/mol. The van der Waals surface area contributed by atoms with Crippen LogP contribution in [0.2, 0.25) is 0 Å². The van der Waals surface area contributed by atoms with Crippen LogP contribution in [0, 0.1) is 0 Å². The average molecular weight is 365 g/mol. The SMILES string of the molecule is CC=C(NCCNC(=O)[C@@H](N)C(OCc1ccccc1)C(=O)O)C(=O)O. The summed E-state index contributed by atoms with van der Waals surface area (Å²) in [6.45, 7) is 1.78. The number of rotatable bonds is 11. The normalized spacial score (nSPS) is 13.5. The summed E-state index contributed by atoms with van der Waals surface area (Å²) in [4.78, 5) is 34.1. The highest BCUT2D eigenvalue weighted by molar-refractivity contribution is 5.88. The fourth-order valence-corrected chi connectivity index (χ4v) is 2.03. The number of ether oxygens (including phenoxy) is 1. The first-order chi connectivity index (χ1) is 12.4. The molecule has 0 aliphatic carbocycles. The van der Waals surface area contributed by atoms with E-state index in [4.69, 9.17) is 15.6 Å². The Morgan fingerprint density at radius 2 is 1.77 bits per heavy atom. The Labute approximate surface area is 150 Å². The van der Waals surface area contributed by atoms with Crippen LogP contribution in [0.4, 0.5) is 0 Å². The van der Waals surface area contributed by atoms with Crippen LogP contribution in [0.5, 0.6) is 0 Å². The van der Waals surface area contributed by atoms with E-state index in [1.807, 2.05) is 6.07 Å². The van der Waals surface area contributed by atoms with Crippen LogP contribution < -0.4 is 16.4 Å². The van der Waals surface area contributed by atoms with Crippen LogP contribution in [-0.2, 0) is 25.7 Å². The van der Waals surface area contributed by atoms with E-state index in [-0.39, 0.29) is 25.4 Å². The van der Waals surface area contributed by atoms with Gasteiger partial charge in [0.25, 0.3) is 0 Å². The van der Waals surface area contributed by atoms with E-state index >= 15 is 0 Å². The third kappa shape index (κ3) is 6.91. The van der Waals surface area contributed by atoms with E-state index < -0.39 is 30.0 Å². The van der Waals surface area contributed by atoms with E-state index in [1.165, 1.54) is 6.08 Å². The third-order valence-corrected chi connectivity index (χ3v) is 3.40. The lowest BCUT2D eigenvalue weighted by atomic mass is 10.1. The minimum Gasteiger partial charge on any atom is -0.479 e. The van der Waals surface area contributed by atoms with E-state index in [0.717, 1.165) is 5.56 Å². The van der Waals surface area contributed by atoms with Crippen molar-refractivity contribution < 1.29 is 29.3 Å². The minimum absolute atomic E-state index is 0.00171. The largest absolute Gasteiger partial charge is 0.479 e. The number of benzene rings is 1. The minimum atomic E-state index is -1.51. The second kappa shape index (κ2) is 10.9. The summed E-state index contributed by atoms with van der Waals surface area (Å²) < 4.78 is 5.28. The van der Waals surface area contributed by atoms with Crippen LogP contribution in [0.25, 0.3) is 0 Å². The van der Waals surface area contributed by atoms with Crippen molar-refractivity contribution in [1.29, 1.82) is 0 Å². The van der Waals surface area contributed by atoms with Crippen LogP contribution in [0.3, 0.4) is 0 Å². The van der Waals surface area contributed by atoms with Gasteiger partial charge in [-0.25, -0.2) is 9.59 Å². The van der Waals surface area contributed by atoms with Crippen LogP contribution in [0.15, 0.2) is 42.1 Å². The fourth-order valence-electron chi connectivity index (χ4n) is 2.03. The summed E-state index contributed by atoms with van der Waals surface area (Å²) in [5.74, 6) is -3.16. The molecule has 0 heterocycles. The number of carboxylic acids is 2. The molecule has 1 aromatic carbocycles. The Morgan fingerprint density at radius 1 is 1.15 bits per heavy atom. The molecule has 0 aromatic heterocycles. The molecule has 0 bridgehead atoms. The number of amides is 1. The second-order valence-corrected chi connectivity index (χ2v) is 5.31. The van der Waals surface area contributed by atoms with E-state index in [2.05, 4.69) is 10.6 Å². The maximum absolute atomic E-state index is 12.0. The van der Waals surface area contributed by atoms with Gasteiger partial charge in [0.2, 0.25) is 5.91 Å². The Balaban J connectivity index is 2.49. The lowest BCUT2D eigenvalue weighted by Crippen LogP contribution is -2.53. The number of nitrogens with two attached hydrogens (primary N) is 1. The molecule has 1 amide bonds. The van der Waals surface area contributed by atoms with E-state index in [1.54, 1.807) is 31.2 Å². The molecule has 142 valence electrons. The van der Waals surface area contributed by atoms with E-state index in [0.29, 0.717) is 0 Å². The van der Waals surface area contributed by atoms with Gasteiger partial charge in [0, 0.05) is 13.1 Å². The van der Waals surface area contributed by atoms with Gasteiger partial charge in [-0.1, -0.05) is 36.4 Å². The molecule has 0 fully saturated rings. The molecule has 0 saturated heterocycles. The number of carbonyl (C=O) groups is 3. The fraction of sp³-hybridized carbons (Fsp3) is 0.353. The standard InChI is InChI=1S/C17H23N3O6/c1-2-12(16(22)23)19-8-9-20-15(21)13(18)14(17(24)25)26-10-11-6-4-3-5-7-11/h2-7,13-14,19H,8-10,18H2,1H3,(H,20,21)(H,22,23)(H,24,25)/t13-,14?/m0/s1. The molecule has 0 radical (unpaired) electrons. The lowest BCUT2D eigenvalue weighted by Gasteiger charge is -2.20. The highest BCUT2D eigenvalue weighted by Crippen LogP contribution is 2.06. The molecule has 0 aliphatic heterocycles. The summed E-state index contributed by atoms with van der Waals surface area (Å²) in [5.41, 5.74) is 6.45. The molecule has 6 N–H and O–H groups in total. The molecule has 0 aliphatic rings. The van der Waals surface area contributed by atoms with Gasteiger partial charge in [-0.2, -0.15) is 0 Å². The van der Waals surface area contributed by atoms with Crippen molar-refractivity contribution in [2.75, 3.05) is 13.1 Å². The topological polar surface area (TPSA) is 151 Å². The van der Waals surface area contributed by atoms with Gasteiger partial charge in [-0.3, -0.25) is 4.79 Å². The number of allylic oxidation sites excluding steroid dienone is 1. The first kappa shape index (κ1) is 21.1. The summed E-state index contributed by atoms with van der Waals surface area (Å²) >= 11 is 0. The van der Waals surface area contributed by atoms with Gasteiger partial charge in [-0.15, -0.1) is 0 Å². The molecular weight excluding hydrogens is 342 g/mol. The predicted octanol–water partition coefficient (Wildman–Crippen LogP) is -0.322. The number of aliphatic carboxylic acids is 2. The Kier molecular flexibility index (Phi) is 8.82. The highest BCUT2D eigenvalue weighted by atomic mass is 16.5. The van der Waals surface area contributed by atoms with Crippen LogP contribution >= 0.6 is 0 Å². The molecule has 1 aromatic rings. The van der Waals surface area contributed by atoms with Gasteiger partial charge in [-0.05, 0) is 12.5 Å². The summed E-state index contributed by atoms with van der Waals surface area (Å²) in [6, 6.07) is 7.50. The Bertz CT molecular complexity index is 647. The molecule has 0 spiro atoms. The van der Waals surface area contributed by atoms with Crippen molar-refractivity contribution in [3.63, 3.8) is 0 Å². The molecule has 26 heavy (non-hydrogen) atoms. The smallest absolute Gasteiger partial charge is 0.351 e. The first-order valence-corrected chi connectivity index (χ1v) is 7.92. The zero-order valence-corrected chi connectivity index (χ0v) is 14.3. The molecule has 0 saturated carbocycles. The number of hydrogen-bond acceptors (Lipinski definition) is 6. The quantitative estimate of drug-likeness (QED) is 0.264. The van der Waals surface area contributed by atoms with Crippen molar-refractivity contribution in [3.05, 3.63) is 47.7 Å². The monoisotopic (exact) mass is 365 g/mol. The van der Waals surface area contributed by atoms with Gasteiger partial charge in [0.15, 0.2) is 6.10 Å². The average Bonchev–Trinajstić information content (AvgIpc) is 2.61. The van der Waals surface area contributed by atoms with Crippen molar-refractivity contribution >= 4 is 17.8 Å². The number of hydrogen-bond donors (Lipinski definition) is 5. The number of carboxylic acid groups (broad SMARTS) is 2. The highest BCUT2D eigenvalue weighted by Gasteiger charge is 2.31. The molecule has 9 nitrogen and oxygen atoms in total. The summed E-state index contributed by atoms with van der Waals surface area (Å²) in [7, 11) is 0. The summed E-state index contributed by atoms with van der Waals surface area (Å²) in [6.07, 6.45) is -0.124. The lowest BCUT2D eigenvalue weighted by molar-refractivity contribution is -0.155. The molecule has 1 rings (SSSR count). The van der Waals surface area contributed by atoms with Gasteiger partial charge in [0.05, 0.1) is 6.61 Å². The Hall–Kier alpha value is -2.91. The third-order valence-electron chi connectivity index (χ3n) is 3.40. The molecule has 9 heteroatoms. The first-order valence-electron chi connectivity index (χ1n) is 7.92. The number of nitrogens with one attached hydrogen (secondary N) is 2. The maximum atomic E-state index is 12.0. The maximum Gasteiger partial charge on any atom is 0.351 e. The van der Waals surface area contributed by atoms with Gasteiger partial charge in [0.1, 0.15) is 11.7 Å². The van der Waals surface area contributed by atoms with E-state index in [9.17, 15) is 19.5 Å². The van der Waals surface area contributed by atoms with Crippen molar-refractivity contribution in [3.8, 4) is 0 Å². The molecular formula is C17H23N3O6. The zero-order chi connectivity index (χ0) is 19.5. The van der Waals surface area contributed by atoms with Crippen LogP contribution in [0.1, 0.15) is 12.5 Å². The van der Waals surface area contributed by atoms with Crippen molar-refractivity contribution in [1.82, 2.24) is 10.6 Å². The van der Waals surface area contributed by atoms with Gasteiger partial charge >= 0.3 is 11.9 Å². The Morgan fingerprint density at radius 3 is 2.31 bits per heavy atom. The molecule has 2 atom stereocenters. The van der Waals surface area contributed by atoms with Crippen LogP contribution in [-0.4, -0.2) is 53.3 Å².